The second kappa shape index (κ2) is 13.4. The minimum Gasteiger partial charge on any atom is -0.455 e. The molecular formula is C51H32N4OS. The number of aromatic nitrogens is 1. The zero-order chi connectivity index (χ0) is 37.9. The maximum absolute atomic E-state index is 8.93. The van der Waals surface area contributed by atoms with Gasteiger partial charge in [0.2, 0.25) is 0 Å². The molecule has 1 N–H and O–H groups in total. The molecule has 0 radical (unpaired) electrons. The lowest BCUT2D eigenvalue weighted by Crippen LogP contribution is -2.05. The first-order valence-electron chi connectivity index (χ1n) is 18.9. The molecule has 268 valence electrons. The molecule has 0 spiro atoms. The summed E-state index contributed by atoms with van der Waals surface area (Å²) in [5.41, 5.74) is 9.50. The Morgan fingerprint density at radius 1 is 0.544 bits per heavy atom. The van der Waals surface area contributed by atoms with Gasteiger partial charge in [0.05, 0.1) is 16.6 Å². The summed E-state index contributed by atoms with van der Waals surface area (Å²) < 4.78 is 11.8. The minimum absolute atomic E-state index is 0.126. The van der Waals surface area contributed by atoms with Gasteiger partial charge < -0.3 is 8.98 Å². The van der Waals surface area contributed by atoms with E-state index in [0.29, 0.717) is 17.0 Å². The molecule has 11 aromatic rings. The van der Waals surface area contributed by atoms with Crippen molar-refractivity contribution in [3.63, 3.8) is 0 Å². The predicted molar refractivity (Wildman–Crippen MR) is 240 cm³/mol. The topological polar surface area (TPSA) is 66.6 Å². The number of amidine groups is 2. The highest BCUT2D eigenvalue weighted by Gasteiger charge is 2.21. The van der Waals surface area contributed by atoms with Crippen LogP contribution < -0.4 is 0 Å². The van der Waals surface area contributed by atoms with Gasteiger partial charge in [0.15, 0.2) is 11.7 Å². The molecule has 3 aromatic heterocycles. The zero-order valence-corrected chi connectivity index (χ0v) is 31.4. The summed E-state index contributed by atoms with van der Waals surface area (Å²) in [5.74, 6) is 0.531. The van der Waals surface area contributed by atoms with E-state index in [2.05, 4.69) is 114 Å². The van der Waals surface area contributed by atoms with Crippen LogP contribution in [0.15, 0.2) is 196 Å². The van der Waals surface area contributed by atoms with Crippen LogP contribution in [-0.2, 0) is 0 Å². The van der Waals surface area contributed by atoms with Crippen LogP contribution in [0.1, 0.15) is 16.7 Å². The zero-order valence-electron chi connectivity index (χ0n) is 30.6. The van der Waals surface area contributed by atoms with E-state index in [9.17, 15) is 0 Å². The third-order valence-electron chi connectivity index (χ3n) is 10.8. The summed E-state index contributed by atoms with van der Waals surface area (Å²) in [4.78, 5) is 9.70. The molecule has 0 aliphatic carbocycles. The van der Waals surface area contributed by atoms with Gasteiger partial charge in [-0.1, -0.05) is 140 Å². The molecule has 8 aromatic carbocycles. The first-order valence-corrected chi connectivity index (χ1v) is 19.7. The molecule has 0 unspecified atom stereocenters. The molecule has 3 heterocycles. The van der Waals surface area contributed by atoms with E-state index in [1.165, 1.54) is 42.0 Å². The van der Waals surface area contributed by atoms with Crippen LogP contribution in [0.2, 0.25) is 0 Å². The number of furan rings is 1. The summed E-state index contributed by atoms with van der Waals surface area (Å²) >= 11 is 1.82. The normalized spacial score (nSPS) is 12.3. The van der Waals surface area contributed by atoms with Gasteiger partial charge in [0.1, 0.15) is 11.2 Å². The smallest absolute Gasteiger partial charge is 0.165 e. The third-order valence-corrected chi connectivity index (χ3v) is 11.9. The van der Waals surface area contributed by atoms with Crippen molar-refractivity contribution in [3.05, 3.63) is 199 Å². The van der Waals surface area contributed by atoms with E-state index in [-0.39, 0.29) is 5.84 Å². The molecule has 0 amide bonds. The number of rotatable bonds is 5. The maximum Gasteiger partial charge on any atom is 0.165 e. The molecule has 11 rings (SSSR count). The van der Waals surface area contributed by atoms with Crippen molar-refractivity contribution < 1.29 is 4.42 Å². The van der Waals surface area contributed by atoms with Crippen molar-refractivity contribution in [3.8, 4) is 16.8 Å². The Kier molecular flexibility index (Phi) is 7.76. The van der Waals surface area contributed by atoms with E-state index < -0.39 is 0 Å². The van der Waals surface area contributed by atoms with Gasteiger partial charge in [-0.2, -0.15) is 0 Å². The lowest BCUT2D eigenvalue weighted by molar-refractivity contribution is 0.669. The van der Waals surface area contributed by atoms with Crippen LogP contribution in [0, 0.1) is 5.41 Å². The number of hydrogen-bond acceptors (Lipinski definition) is 3. The Bertz CT molecular complexity index is 3370. The Morgan fingerprint density at radius 3 is 1.95 bits per heavy atom. The Morgan fingerprint density at radius 2 is 1.18 bits per heavy atom. The number of benzene rings is 8. The Hall–Kier alpha value is -7.41. The fourth-order valence-corrected chi connectivity index (χ4v) is 9.30. The number of aliphatic imine (C=N–C) groups is 2. The molecule has 0 aliphatic heterocycles. The van der Waals surface area contributed by atoms with E-state index in [4.69, 9.17) is 19.8 Å². The van der Waals surface area contributed by atoms with Gasteiger partial charge in [0.25, 0.3) is 0 Å². The van der Waals surface area contributed by atoms with Gasteiger partial charge in [0, 0.05) is 64.7 Å². The van der Waals surface area contributed by atoms with Crippen LogP contribution >= 0.6 is 11.3 Å². The minimum atomic E-state index is 0.126. The summed E-state index contributed by atoms with van der Waals surface area (Å²) in [5, 5.41) is 15.8. The van der Waals surface area contributed by atoms with Crippen molar-refractivity contribution in [2.24, 2.45) is 9.98 Å². The lowest BCUT2D eigenvalue weighted by Gasteiger charge is -2.09. The number of nitrogens with one attached hydrogen (secondary N) is 1. The maximum atomic E-state index is 8.93. The molecule has 0 saturated heterocycles. The molecule has 0 atom stereocenters. The highest BCUT2D eigenvalue weighted by Crippen LogP contribution is 2.45. The second-order valence-corrected chi connectivity index (χ2v) is 15.2. The molecule has 6 heteroatoms. The highest BCUT2D eigenvalue weighted by molar-refractivity contribution is 7.26. The first-order chi connectivity index (χ1) is 28.2. The SMILES string of the molecule is N=C(N=C(N=Cc1ccccc1)c1cccc2c1oc1c(-c3cccc4sc5ccc(-n6c7ccccc7c7ccccc76)cc5c34)cccc12)c1ccccc1. The molecule has 0 saturated carbocycles. The lowest BCUT2D eigenvalue weighted by atomic mass is 9.97. The number of thiophene rings is 1. The summed E-state index contributed by atoms with van der Waals surface area (Å²) in [6.45, 7) is 0. The van der Waals surface area contributed by atoms with Gasteiger partial charge >= 0.3 is 0 Å². The van der Waals surface area contributed by atoms with Gasteiger partial charge in [-0.25, -0.2) is 9.98 Å². The number of para-hydroxylation sites is 4. The standard InChI is InChI=1S/C51H32N4OS/c52-50(33-16-5-2-6-17-33)54-51(53-31-32-14-3-1-4-15-32)41-24-12-23-40-39-22-11-21-38(48(39)56-49(40)41)37-20-13-27-46-47(37)42-30-34(28-29-45(42)57-46)55-43-25-9-7-18-35(43)36-19-8-10-26-44(36)55/h1-31,52H. The fourth-order valence-electron chi connectivity index (χ4n) is 8.19. The fraction of sp³-hybridized carbons (Fsp3) is 0. The molecule has 5 nitrogen and oxygen atoms in total. The van der Waals surface area contributed by atoms with E-state index >= 15 is 0 Å². The molecular weight excluding hydrogens is 717 g/mol. The summed E-state index contributed by atoms with van der Waals surface area (Å²) in [7, 11) is 0. The largest absolute Gasteiger partial charge is 0.455 e. The molecule has 0 bridgehead atoms. The first kappa shape index (κ1) is 33.0. The van der Waals surface area contributed by atoms with Crippen molar-refractivity contribution in [2.75, 3.05) is 0 Å². The Balaban J connectivity index is 1.11. The number of fused-ring (bicyclic) bond motifs is 9. The van der Waals surface area contributed by atoms with Crippen molar-refractivity contribution >= 4 is 93.1 Å². The average molecular weight is 749 g/mol. The second-order valence-electron chi connectivity index (χ2n) is 14.1. The molecule has 0 aliphatic rings. The average Bonchev–Trinajstić information content (AvgIpc) is 3.95. The van der Waals surface area contributed by atoms with Crippen molar-refractivity contribution in [2.45, 2.75) is 0 Å². The van der Waals surface area contributed by atoms with Gasteiger partial charge in [-0.3, -0.25) is 5.41 Å². The number of nitrogens with zero attached hydrogens (tertiary/aromatic N) is 3. The molecule has 0 fully saturated rings. The molecule has 57 heavy (non-hydrogen) atoms. The van der Waals surface area contributed by atoms with Crippen LogP contribution in [0.5, 0.6) is 0 Å². The van der Waals surface area contributed by atoms with Gasteiger partial charge in [-0.05, 0) is 53.6 Å². The predicted octanol–water partition coefficient (Wildman–Crippen LogP) is 13.6. The van der Waals surface area contributed by atoms with E-state index in [1.54, 1.807) is 6.21 Å². The quantitative estimate of drug-likeness (QED) is 0.138. The Labute approximate surface area is 331 Å². The van der Waals surface area contributed by atoms with Crippen LogP contribution in [0.25, 0.3) is 80.7 Å². The van der Waals surface area contributed by atoms with Crippen LogP contribution in [0.3, 0.4) is 0 Å². The van der Waals surface area contributed by atoms with Crippen molar-refractivity contribution in [1.82, 2.24) is 4.57 Å². The third kappa shape index (κ3) is 5.49. The number of hydrogen-bond donors (Lipinski definition) is 1. The highest BCUT2D eigenvalue weighted by atomic mass is 32.1. The van der Waals surface area contributed by atoms with Gasteiger partial charge in [-0.15, -0.1) is 11.3 Å². The summed E-state index contributed by atoms with van der Waals surface area (Å²) in [6.07, 6.45) is 1.79. The monoisotopic (exact) mass is 748 g/mol. The van der Waals surface area contributed by atoms with Crippen LogP contribution in [0.4, 0.5) is 0 Å². The summed E-state index contributed by atoms with van der Waals surface area (Å²) in [6, 6.07) is 62.7. The van der Waals surface area contributed by atoms with E-state index in [0.717, 1.165) is 44.3 Å². The van der Waals surface area contributed by atoms with Crippen molar-refractivity contribution in [1.29, 1.82) is 5.41 Å². The van der Waals surface area contributed by atoms with Crippen LogP contribution in [-0.4, -0.2) is 22.5 Å². The van der Waals surface area contributed by atoms with E-state index in [1.807, 2.05) is 84.1 Å².